The molecule has 3 atom stereocenters. The predicted octanol–water partition coefficient (Wildman–Crippen LogP) is 4.93. The largest absolute Gasteiger partial charge is 0.384 e. The second-order valence-corrected chi connectivity index (χ2v) is 8.89. The van der Waals surface area contributed by atoms with Crippen LogP contribution in [0.25, 0.3) is 0 Å². The average Bonchev–Trinajstić information content (AvgIpc) is 3.08. The van der Waals surface area contributed by atoms with Gasteiger partial charge in [-0.2, -0.15) is 0 Å². The smallest absolute Gasteiger partial charge is 0.0606 e. The molecule has 0 saturated heterocycles. The van der Waals surface area contributed by atoms with Crippen molar-refractivity contribution >= 4 is 0 Å². The molecule has 24 heavy (non-hydrogen) atoms. The SMILES string of the molecule is COCC(COC)(COC1CCC(C)CC1C(C)C)C1CCCC1. The van der Waals surface area contributed by atoms with Crippen LogP contribution in [0.2, 0.25) is 0 Å². The van der Waals surface area contributed by atoms with Gasteiger partial charge in [0, 0.05) is 19.6 Å². The van der Waals surface area contributed by atoms with Gasteiger partial charge in [0.05, 0.1) is 25.9 Å². The summed E-state index contributed by atoms with van der Waals surface area (Å²) < 4.78 is 17.9. The molecule has 2 fully saturated rings. The van der Waals surface area contributed by atoms with Gasteiger partial charge in [0.1, 0.15) is 0 Å². The second kappa shape index (κ2) is 9.54. The molecule has 142 valence electrons. The topological polar surface area (TPSA) is 27.7 Å². The van der Waals surface area contributed by atoms with Crippen molar-refractivity contribution in [3.63, 3.8) is 0 Å². The highest BCUT2D eigenvalue weighted by molar-refractivity contribution is 4.91. The fraction of sp³-hybridized carbons (Fsp3) is 1.00. The molecule has 2 aliphatic carbocycles. The van der Waals surface area contributed by atoms with Crippen molar-refractivity contribution in [2.75, 3.05) is 34.0 Å². The minimum absolute atomic E-state index is 0.0323. The van der Waals surface area contributed by atoms with E-state index in [2.05, 4.69) is 20.8 Å². The zero-order chi connectivity index (χ0) is 17.6. The van der Waals surface area contributed by atoms with Gasteiger partial charge in [-0.05, 0) is 55.8 Å². The molecule has 0 bridgehead atoms. The minimum atomic E-state index is 0.0323. The van der Waals surface area contributed by atoms with Crippen LogP contribution in [0.5, 0.6) is 0 Å². The van der Waals surface area contributed by atoms with Crippen LogP contribution in [0.3, 0.4) is 0 Å². The molecule has 0 heterocycles. The van der Waals surface area contributed by atoms with E-state index in [0.717, 1.165) is 25.7 Å². The van der Waals surface area contributed by atoms with E-state index >= 15 is 0 Å². The van der Waals surface area contributed by atoms with Gasteiger partial charge in [-0.25, -0.2) is 0 Å². The Morgan fingerprint density at radius 2 is 1.54 bits per heavy atom. The Balaban J connectivity index is 2.04. The lowest BCUT2D eigenvalue weighted by Gasteiger charge is -2.42. The van der Waals surface area contributed by atoms with Crippen LogP contribution in [0.15, 0.2) is 0 Å². The summed E-state index contributed by atoms with van der Waals surface area (Å²) in [7, 11) is 3.64. The maximum absolute atomic E-state index is 6.63. The zero-order valence-electron chi connectivity index (χ0n) is 16.7. The lowest BCUT2D eigenvalue weighted by molar-refractivity contribution is -0.124. The van der Waals surface area contributed by atoms with Crippen LogP contribution in [-0.4, -0.2) is 40.1 Å². The summed E-state index contributed by atoms with van der Waals surface area (Å²) in [6.07, 6.45) is 9.52. The molecule has 3 unspecified atom stereocenters. The van der Waals surface area contributed by atoms with E-state index in [1.165, 1.54) is 44.9 Å². The number of methoxy groups -OCH3 is 2. The number of hydrogen-bond donors (Lipinski definition) is 0. The monoisotopic (exact) mass is 340 g/mol. The van der Waals surface area contributed by atoms with E-state index in [-0.39, 0.29) is 5.41 Å². The molecule has 0 amide bonds. The Morgan fingerprint density at radius 3 is 2.08 bits per heavy atom. The first-order valence-corrected chi connectivity index (χ1v) is 10.1. The van der Waals surface area contributed by atoms with E-state index < -0.39 is 0 Å². The summed E-state index contributed by atoms with van der Waals surface area (Å²) in [5, 5.41) is 0. The van der Waals surface area contributed by atoms with Crippen LogP contribution in [0.1, 0.15) is 65.7 Å². The fourth-order valence-electron chi connectivity index (χ4n) is 5.17. The van der Waals surface area contributed by atoms with Crippen molar-refractivity contribution in [1.82, 2.24) is 0 Å². The molecule has 0 N–H and O–H groups in total. The van der Waals surface area contributed by atoms with Gasteiger partial charge in [-0.1, -0.05) is 33.6 Å². The van der Waals surface area contributed by atoms with Crippen molar-refractivity contribution in [1.29, 1.82) is 0 Å². The molecular formula is C21H40O3. The van der Waals surface area contributed by atoms with Gasteiger partial charge >= 0.3 is 0 Å². The lowest BCUT2D eigenvalue weighted by Crippen LogP contribution is -2.45. The third kappa shape index (κ3) is 4.95. The Hall–Kier alpha value is -0.120. The summed E-state index contributed by atoms with van der Waals surface area (Å²) in [6.45, 7) is 9.40. The van der Waals surface area contributed by atoms with Gasteiger partial charge < -0.3 is 14.2 Å². The molecule has 2 saturated carbocycles. The standard InChI is InChI=1S/C21H40O3/c1-16(2)19-12-17(3)10-11-20(19)24-15-21(13-22-4,14-23-5)18-8-6-7-9-18/h16-20H,6-15H2,1-5H3. The molecule has 3 nitrogen and oxygen atoms in total. The lowest BCUT2D eigenvalue weighted by atomic mass is 9.74. The van der Waals surface area contributed by atoms with Gasteiger partial charge in [0.2, 0.25) is 0 Å². The first-order valence-electron chi connectivity index (χ1n) is 10.1. The Morgan fingerprint density at radius 1 is 0.917 bits per heavy atom. The van der Waals surface area contributed by atoms with E-state index in [9.17, 15) is 0 Å². The summed E-state index contributed by atoms with van der Waals surface area (Å²) >= 11 is 0. The first kappa shape index (κ1) is 20.2. The van der Waals surface area contributed by atoms with Gasteiger partial charge in [0.15, 0.2) is 0 Å². The normalized spacial score (nSPS) is 29.5. The van der Waals surface area contributed by atoms with Gasteiger partial charge in [0.25, 0.3) is 0 Å². The molecule has 0 radical (unpaired) electrons. The third-order valence-electron chi connectivity index (χ3n) is 6.62. The van der Waals surface area contributed by atoms with Crippen LogP contribution >= 0.6 is 0 Å². The zero-order valence-corrected chi connectivity index (χ0v) is 16.7. The Kier molecular flexibility index (Phi) is 8.03. The van der Waals surface area contributed by atoms with E-state index in [1.54, 1.807) is 0 Å². The van der Waals surface area contributed by atoms with Crippen molar-refractivity contribution in [3.8, 4) is 0 Å². The molecule has 3 heteroatoms. The van der Waals surface area contributed by atoms with Gasteiger partial charge in [-0.3, -0.25) is 0 Å². The molecule has 2 aliphatic rings. The molecule has 0 aromatic rings. The predicted molar refractivity (Wildman–Crippen MR) is 99.2 cm³/mol. The highest BCUT2D eigenvalue weighted by Gasteiger charge is 2.42. The molecule has 0 aromatic heterocycles. The highest BCUT2D eigenvalue weighted by atomic mass is 16.5. The molecule has 0 aliphatic heterocycles. The fourth-order valence-corrected chi connectivity index (χ4v) is 5.17. The van der Waals surface area contributed by atoms with E-state index in [1.807, 2.05) is 14.2 Å². The van der Waals surface area contributed by atoms with Crippen LogP contribution in [-0.2, 0) is 14.2 Å². The molecular weight excluding hydrogens is 300 g/mol. The van der Waals surface area contributed by atoms with E-state index in [0.29, 0.717) is 23.9 Å². The third-order valence-corrected chi connectivity index (χ3v) is 6.62. The van der Waals surface area contributed by atoms with Crippen molar-refractivity contribution in [2.45, 2.75) is 71.8 Å². The maximum atomic E-state index is 6.63. The number of hydrogen-bond acceptors (Lipinski definition) is 3. The number of rotatable bonds is 9. The summed E-state index contributed by atoms with van der Waals surface area (Å²) in [5.74, 6) is 2.91. The quantitative estimate of drug-likeness (QED) is 0.595. The van der Waals surface area contributed by atoms with Crippen molar-refractivity contribution in [2.24, 2.45) is 29.1 Å². The van der Waals surface area contributed by atoms with Crippen LogP contribution < -0.4 is 0 Å². The van der Waals surface area contributed by atoms with E-state index in [4.69, 9.17) is 14.2 Å². The number of ether oxygens (including phenoxy) is 3. The first-order chi connectivity index (χ1) is 11.5. The summed E-state index contributed by atoms with van der Waals surface area (Å²) in [5.41, 5.74) is 0.0323. The highest BCUT2D eigenvalue weighted by Crippen LogP contribution is 2.43. The van der Waals surface area contributed by atoms with Gasteiger partial charge in [-0.15, -0.1) is 0 Å². The molecule has 0 aromatic carbocycles. The molecule has 2 rings (SSSR count). The maximum Gasteiger partial charge on any atom is 0.0606 e. The summed E-state index contributed by atoms with van der Waals surface area (Å²) in [4.78, 5) is 0. The Labute approximate surface area is 149 Å². The second-order valence-electron chi connectivity index (χ2n) is 8.89. The average molecular weight is 341 g/mol. The molecule has 0 spiro atoms. The van der Waals surface area contributed by atoms with Crippen molar-refractivity contribution in [3.05, 3.63) is 0 Å². The van der Waals surface area contributed by atoms with Crippen LogP contribution in [0, 0.1) is 29.1 Å². The van der Waals surface area contributed by atoms with Crippen LogP contribution in [0.4, 0.5) is 0 Å². The summed E-state index contributed by atoms with van der Waals surface area (Å²) in [6, 6.07) is 0. The Bertz CT molecular complexity index is 343. The van der Waals surface area contributed by atoms with Crippen molar-refractivity contribution < 1.29 is 14.2 Å². The minimum Gasteiger partial charge on any atom is -0.384 e.